The Balaban J connectivity index is 1.34. The third kappa shape index (κ3) is 3.71. The smallest absolute Gasteiger partial charge is 0.164 e. The first-order valence-electron chi connectivity index (χ1n) is 10.4. The van der Waals surface area contributed by atoms with E-state index in [1.165, 1.54) is 22.9 Å². The SMILES string of the molecule is Nc1nc(N2CCC3(CC2)Cc2ccccc2[C@H]3N)c(Br)nc1Sc1ccnc(N)c1Cl. The fraction of sp³-hybridized carbons (Fsp3) is 0.318. The molecule has 1 aliphatic carbocycles. The molecule has 1 atom stereocenters. The van der Waals surface area contributed by atoms with Crippen molar-refractivity contribution >= 4 is 56.7 Å². The van der Waals surface area contributed by atoms with E-state index in [2.05, 4.69) is 60.0 Å². The van der Waals surface area contributed by atoms with Gasteiger partial charge in [0, 0.05) is 30.2 Å². The molecule has 1 aromatic carbocycles. The van der Waals surface area contributed by atoms with E-state index < -0.39 is 0 Å². The van der Waals surface area contributed by atoms with Crippen LogP contribution in [-0.4, -0.2) is 28.0 Å². The molecule has 32 heavy (non-hydrogen) atoms. The Morgan fingerprint density at radius 2 is 1.84 bits per heavy atom. The Kier molecular flexibility index (Phi) is 5.69. The average molecular weight is 533 g/mol. The molecule has 1 fully saturated rings. The van der Waals surface area contributed by atoms with Gasteiger partial charge >= 0.3 is 0 Å². The van der Waals surface area contributed by atoms with Gasteiger partial charge in [-0.15, -0.1) is 0 Å². The zero-order chi connectivity index (χ0) is 22.5. The third-order valence-corrected chi connectivity index (χ3v) is 8.66. The van der Waals surface area contributed by atoms with Crippen LogP contribution >= 0.6 is 39.3 Å². The first-order valence-corrected chi connectivity index (χ1v) is 12.4. The maximum absolute atomic E-state index is 6.71. The molecule has 166 valence electrons. The standard InChI is InChI=1S/C22H23BrClN7S/c23-17-20(30-19(27)21(29-17)32-14-5-8-28-18(26)15(14)24)31-9-6-22(7-10-31)11-12-3-1-2-4-13(12)16(22)25/h1-5,8,16H,6-7,9-11,25H2,(H2,26,28)(H2,27,30)/t16-/m1/s1. The molecule has 3 aromatic rings. The average Bonchev–Trinajstić information content (AvgIpc) is 3.06. The van der Waals surface area contributed by atoms with Crippen molar-refractivity contribution in [2.24, 2.45) is 11.1 Å². The molecule has 7 nitrogen and oxygen atoms in total. The molecule has 6 N–H and O–H groups in total. The van der Waals surface area contributed by atoms with Gasteiger partial charge in [0.05, 0.1) is 5.02 Å². The van der Waals surface area contributed by atoms with Gasteiger partial charge < -0.3 is 22.1 Å². The fourth-order valence-electron chi connectivity index (χ4n) is 4.77. The number of aromatic nitrogens is 3. The number of fused-ring (bicyclic) bond motifs is 1. The van der Waals surface area contributed by atoms with E-state index in [1.807, 2.05) is 0 Å². The van der Waals surface area contributed by atoms with Crippen molar-refractivity contribution in [1.82, 2.24) is 15.0 Å². The zero-order valence-electron chi connectivity index (χ0n) is 17.3. The second kappa shape index (κ2) is 8.37. The number of pyridine rings is 1. The van der Waals surface area contributed by atoms with Crippen LogP contribution < -0.4 is 22.1 Å². The molecule has 3 heterocycles. The lowest BCUT2D eigenvalue weighted by atomic mass is 9.73. The molecule has 0 amide bonds. The van der Waals surface area contributed by atoms with Crippen molar-refractivity contribution in [2.45, 2.75) is 35.2 Å². The highest BCUT2D eigenvalue weighted by Crippen LogP contribution is 2.51. The van der Waals surface area contributed by atoms with E-state index in [4.69, 9.17) is 28.8 Å². The van der Waals surface area contributed by atoms with Crippen molar-refractivity contribution < 1.29 is 0 Å². The lowest BCUT2D eigenvalue weighted by molar-refractivity contribution is 0.187. The van der Waals surface area contributed by atoms with Crippen molar-refractivity contribution in [3.63, 3.8) is 0 Å². The summed E-state index contributed by atoms with van der Waals surface area (Å²) >= 11 is 11.2. The Morgan fingerprint density at radius 1 is 1.09 bits per heavy atom. The molecule has 5 rings (SSSR count). The van der Waals surface area contributed by atoms with Gasteiger partial charge in [-0.3, -0.25) is 0 Å². The Hall–Kier alpha value is -2.07. The van der Waals surface area contributed by atoms with Gasteiger partial charge in [0.1, 0.15) is 15.4 Å². The lowest BCUT2D eigenvalue weighted by Crippen LogP contribution is -2.44. The summed E-state index contributed by atoms with van der Waals surface area (Å²) < 4.78 is 0.655. The van der Waals surface area contributed by atoms with E-state index in [0.717, 1.165) is 43.1 Å². The molecule has 10 heteroatoms. The van der Waals surface area contributed by atoms with Gasteiger partial charge in [0.2, 0.25) is 0 Å². The van der Waals surface area contributed by atoms with Gasteiger partial charge in [-0.2, -0.15) is 0 Å². The summed E-state index contributed by atoms with van der Waals surface area (Å²) in [5.41, 5.74) is 21.6. The fourth-order valence-corrected chi connectivity index (χ4v) is 6.45. The van der Waals surface area contributed by atoms with Gasteiger partial charge in [-0.25, -0.2) is 15.0 Å². The van der Waals surface area contributed by atoms with Crippen molar-refractivity contribution in [3.8, 4) is 0 Å². The largest absolute Gasteiger partial charge is 0.382 e. The Bertz CT molecular complexity index is 1180. The minimum Gasteiger partial charge on any atom is -0.382 e. The molecule has 1 aliphatic heterocycles. The van der Waals surface area contributed by atoms with Crippen LogP contribution in [0.4, 0.5) is 17.5 Å². The topological polar surface area (TPSA) is 120 Å². The Labute approximate surface area is 204 Å². The molecule has 0 radical (unpaired) electrons. The number of hydrogen-bond donors (Lipinski definition) is 3. The molecule has 2 aromatic heterocycles. The Morgan fingerprint density at radius 3 is 2.59 bits per heavy atom. The van der Waals surface area contributed by atoms with Gasteiger partial charge in [-0.1, -0.05) is 47.6 Å². The van der Waals surface area contributed by atoms with Gasteiger partial charge in [0.15, 0.2) is 11.6 Å². The zero-order valence-corrected chi connectivity index (χ0v) is 20.4. The number of nitrogens with zero attached hydrogens (tertiary/aromatic N) is 4. The molecule has 2 aliphatic rings. The molecular weight excluding hydrogens is 510 g/mol. The quantitative estimate of drug-likeness (QED) is 0.453. The van der Waals surface area contributed by atoms with Gasteiger partial charge in [0.25, 0.3) is 0 Å². The number of anilines is 3. The van der Waals surface area contributed by atoms with Crippen LogP contribution in [0.25, 0.3) is 0 Å². The molecule has 1 spiro atoms. The number of nitrogen functional groups attached to an aromatic ring is 2. The van der Waals surface area contributed by atoms with E-state index in [0.29, 0.717) is 20.5 Å². The van der Waals surface area contributed by atoms with E-state index in [-0.39, 0.29) is 17.3 Å². The normalized spacial score (nSPS) is 19.3. The highest BCUT2D eigenvalue weighted by atomic mass is 79.9. The molecule has 0 saturated carbocycles. The molecule has 1 saturated heterocycles. The lowest BCUT2D eigenvalue weighted by Gasteiger charge is -2.42. The van der Waals surface area contributed by atoms with Crippen LogP contribution in [0, 0.1) is 5.41 Å². The van der Waals surface area contributed by atoms with Crippen LogP contribution in [0.15, 0.2) is 51.1 Å². The highest BCUT2D eigenvalue weighted by Gasteiger charge is 2.46. The number of nitrogens with two attached hydrogens (primary N) is 3. The summed E-state index contributed by atoms with van der Waals surface area (Å²) in [4.78, 5) is 16.3. The summed E-state index contributed by atoms with van der Waals surface area (Å²) in [5.74, 6) is 1.38. The van der Waals surface area contributed by atoms with E-state index >= 15 is 0 Å². The van der Waals surface area contributed by atoms with Crippen molar-refractivity contribution in [1.29, 1.82) is 0 Å². The number of rotatable bonds is 3. The summed E-state index contributed by atoms with van der Waals surface area (Å²) in [7, 11) is 0. The number of piperidine rings is 1. The van der Waals surface area contributed by atoms with E-state index in [1.54, 1.807) is 12.3 Å². The van der Waals surface area contributed by atoms with E-state index in [9.17, 15) is 0 Å². The summed E-state index contributed by atoms with van der Waals surface area (Å²) in [6.45, 7) is 1.71. The van der Waals surface area contributed by atoms with Crippen LogP contribution in [-0.2, 0) is 6.42 Å². The van der Waals surface area contributed by atoms with Crippen LogP contribution in [0.2, 0.25) is 5.02 Å². The predicted molar refractivity (Wildman–Crippen MR) is 133 cm³/mol. The van der Waals surface area contributed by atoms with Crippen molar-refractivity contribution in [3.05, 3.63) is 57.3 Å². The molecular formula is C22H23BrClN7S. The first kappa shape index (κ1) is 21.8. The minimum atomic E-state index is 0.0803. The van der Waals surface area contributed by atoms with Crippen LogP contribution in [0.3, 0.4) is 0 Å². The maximum Gasteiger partial charge on any atom is 0.164 e. The monoisotopic (exact) mass is 531 g/mol. The molecule has 0 unspecified atom stereocenters. The van der Waals surface area contributed by atoms with Gasteiger partial charge in [-0.05, 0) is 57.8 Å². The second-order valence-corrected chi connectivity index (χ2v) is 10.5. The summed E-state index contributed by atoms with van der Waals surface area (Å²) in [6.07, 6.45) is 4.64. The minimum absolute atomic E-state index is 0.0803. The predicted octanol–water partition coefficient (Wildman–Crippen LogP) is 4.45. The summed E-state index contributed by atoms with van der Waals surface area (Å²) in [6, 6.07) is 10.4. The van der Waals surface area contributed by atoms with Crippen LogP contribution in [0.1, 0.15) is 30.0 Å². The number of hydrogen-bond acceptors (Lipinski definition) is 8. The van der Waals surface area contributed by atoms with Crippen LogP contribution in [0.5, 0.6) is 0 Å². The second-order valence-electron chi connectivity index (χ2n) is 8.34. The van der Waals surface area contributed by atoms with Crippen molar-refractivity contribution in [2.75, 3.05) is 29.5 Å². The maximum atomic E-state index is 6.71. The number of benzene rings is 1. The summed E-state index contributed by atoms with van der Waals surface area (Å²) in [5, 5.41) is 0.948. The first-order chi connectivity index (χ1) is 15.4. The highest BCUT2D eigenvalue weighted by molar-refractivity contribution is 9.10. The third-order valence-electron chi connectivity index (χ3n) is 6.57. The number of halogens is 2. The molecule has 0 bridgehead atoms.